The number of unbranched alkanes of at least 4 members (excludes halogenated alkanes) is 2. The van der Waals surface area contributed by atoms with E-state index in [0.717, 1.165) is 0 Å². The molecule has 0 aromatic carbocycles. The molecule has 0 heterocycles. The van der Waals surface area contributed by atoms with Gasteiger partial charge in [-0.15, -0.1) is 0 Å². The average molecular weight is 235 g/mol. The van der Waals surface area contributed by atoms with Crippen LogP contribution in [0.5, 0.6) is 0 Å². The summed E-state index contributed by atoms with van der Waals surface area (Å²) < 4.78 is 26.9. The molecule has 6 heteroatoms. The third-order valence-corrected chi connectivity index (χ3v) is 2.12. The van der Waals surface area contributed by atoms with Crippen molar-refractivity contribution in [2.75, 3.05) is 19.3 Å². The SMILES string of the molecule is CCCCCNC.CCS(=O)(=O)O.[H-].[Na+]. The topological polar surface area (TPSA) is 66.4 Å². The maximum atomic E-state index is 9.56. The van der Waals surface area contributed by atoms with Crippen LogP contribution in [0.2, 0.25) is 0 Å². The van der Waals surface area contributed by atoms with E-state index in [-0.39, 0.29) is 36.7 Å². The molecule has 0 fully saturated rings. The zero-order valence-electron chi connectivity index (χ0n) is 10.7. The molecule has 0 saturated heterocycles. The Labute approximate surface area is 111 Å². The van der Waals surface area contributed by atoms with Crippen molar-refractivity contribution < 1.29 is 44.0 Å². The first kappa shape index (κ1) is 20.3. The third-order valence-electron chi connectivity index (χ3n) is 1.40. The Morgan fingerprint density at radius 2 is 1.71 bits per heavy atom. The van der Waals surface area contributed by atoms with Crippen LogP contribution >= 0.6 is 0 Å². The van der Waals surface area contributed by atoms with Crippen LogP contribution in [0.1, 0.15) is 34.5 Å². The molecule has 0 aliphatic heterocycles. The summed E-state index contributed by atoms with van der Waals surface area (Å²) in [5.74, 6) is -0.201. The summed E-state index contributed by atoms with van der Waals surface area (Å²) in [6.45, 7) is 4.76. The smallest absolute Gasteiger partial charge is 1.00 e. The molecule has 0 spiro atoms. The minimum Gasteiger partial charge on any atom is -1.00 e. The van der Waals surface area contributed by atoms with E-state index in [2.05, 4.69) is 12.2 Å². The Morgan fingerprint density at radius 3 is 1.93 bits per heavy atom. The quantitative estimate of drug-likeness (QED) is 0.342. The van der Waals surface area contributed by atoms with Gasteiger partial charge in [0, 0.05) is 0 Å². The number of hydrogen-bond acceptors (Lipinski definition) is 3. The van der Waals surface area contributed by atoms with E-state index in [1.807, 2.05) is 7.05 Å². The summed E-state index contributed by atoms with van der Waals surface area (Å²) in [6, 6.07) is 0. The first-order chi connectivity index (χ1) is 5.97. The fourth-order valence-electron chi connectivity index (χ4n) is 0.552. The van der Waals surface area contributed by atoms with E-state index in [9.17, 15) is 8.42 Å². The van der Waals surface area contributed by atoms with Crippen molar-refractivity contribution in [1.29, 1.82) is 0 Å². The standard InChI is InChI=1S/C6H15N.C2H6O3S.Na.H/c1-3-4-5-6-7-2;1-2-6(3,4)5;;/h7H,3-6H2,1-2H3;2H2,1H3,(H,3,4,5);;/q;;+1;-1. The molecule has 14 heavy (non-hydrogen) atoms. The van der Waals surface area contributed by atoms with Crippen LogP contribution in [0.15, 0.2) is 0 Å². The molecule has 0 atom stereocenters. The zero-order chi connectivity index (χ0) is 10.7. The van der Waals surface area contributed by atoms with E-state index in [4.69, 9.17) is 4.55 Å². The minimum atomic E-state index is -3.66. The molecule has 0 aliphatic rings. The second kappa shape index (κ2) is 13.9. The summed E-state index contributed by atoms with van der Waals surface area (Å²) in [4.78, 5) is 0. The van der Waals surface area contributed by atoms with Crippen LogP contribution in [0.25, 0.3) is 0 Å². The summed E-state index contributed by atoms with van der Waals surface area (Å²) in [7, 11) is -1.67. The zero-order valence-corrected chi connectivity index (χ0v) is 12.5. The Balaban J connectivity index is -0.0000000718. The van der Waals surface area contributed by atoms with E-state index >= 15 is 0 Å². The molecular formula is C8H22NNaO3S. The van der Waals surface area contributed by atoms with Gasteiger partial charge in [0.05, 0.1) is 5.75 Å². The Morgan fingerprint density at radius 1 is 1.29 bits per heavy atom. The van der Waals surface area contributed by atoms with Crippen LogP contribution in [0.3, 0.4) is 0 Å². The molecule has 0 radical (unpaired) electrons. The van der Waals surface area contributed by atoms with Gasteiger partial charge in [-0.2, -0.15) is 8.42 Å². The Kier molecular flexibility index (Phi) is 20.1. The molecule has 0 saturated carbocycles. The summed E-state index contributed by atoms with van der Waals surface area (Å²) in [5, 5.41) is 3.10. The predicted molar refractivity (Wildman–Crippen MR) is 56.7 cm³/mol. The molecule has 0 aromatic rings. The number of hydrogen-bond donors (Lipinski definition) is 2. The third kappa shape index (κ3) is 29.3. The summed E-state index contributed by atoms with van der Waals surface area (Å²) in [5.41, 5.74) is 0. The number of rotatable bonds is 5. The van der Waals surface area contributed by atoms with Crippen molar-refractivity contribution in [1.82, 2.24) is 5.32 Å². The van der Waals surface area contributed by atoms with E-state index in [1.54, 1.807) is 0 Å². The average Bonchev–Trinajstić information content (AvgIpc) is 2.06. The van der Waals surface area contributed by atoms with E-state index in [0.29, 0.717) is 0 Å². The molecule has 0 amide bonds. The Hall–Kier alpha value is 0.870. The molecule has 4 nitrogen and oxygen atoms in total. The number of nitrogens with one attached hydrogen (secondary N) is 1. The molecule has 0 bridgehead atoms. The van der Waals surface area contributed by atoms with Crippen molar-refractivity contribution in [2.24, 2.45) is 0 Å². The van der Waals surface area contributed by atoms with E-state index in [1.165, 1.54) is 32.7 Å². The van der Waals surface area contributed by atoms with Gasteiger partial charge in [-0.1, -0.05) is 19.8 Å². The van der Waals surface area contributed by atoms with Gasteiger partial charge in [0.2, 0.25) is 0 Å². The largest absolute Gasteiger partial charge is 1.00 e. The van der Waals surface area contributed by atoms with Gasteiger partial charge in [0.15, 0.2) is 0 Å². The van der Waals surface area contributed by atoms with Gasteiger partial charge >= 0.3 is 29.6 Å². The van der Waals surface area contributed by atoms with Crippen molar-refractivity contribution in [3.8, 4) is 0 Å². The summed E-state index contributed by atoms with van der Waals surface area (Å²) in [6.07, 6.45) is 4.01. The van der Waals surface area contributed by atoms with Gasteiger partial charge < -0.3 is 6.74 Å². The molecule has 0 unspecified atom stereocenters. The van der Waals surface area contributed by atoms with E-state index < -0.39 is 10.1 Å². The molecule has 84 valence electrons. The van der Waals surface area contributed by atoms with Crippen molar-refractivity contribution in [3.05, 3.63) is 0 Å². The summed E-state index contributed by atoms with van der Waals surface area (Å²) >= 11 is 0. The van der Waals surface area contributed by atoms with Crippen LogP contribution in [0, 0.1) is 0 Å². The van der Waals surface area contributed by atoms with Gasteiger partial charge in [0.25, 0.3) is 10.1 Å². The fraction of sp³-hybridized carbons (Fsp3) is 1.00. The van der Waals surface area contributed by atoms with Crippen molar-refractivity contribution >= 4 is 10.1 Å². The first-order valence-electron chi connectivity index (χ1n) is 4.57. The molecule has 2 N–H and O–H groups in total. The maximum absolute atomic E-state index is 9.56. The van der Waals surface area contributed by atoms with Gasteiger partial charge in [0.1, 0.15) is 0 Å². The van der Waals surface area contributed by atoms with Gasteiger partial charge in [-0.05, 0) is 26.9 Å². The van der Waals surface area contributed by atoms with Crippen LogP contribution in [-0.2, 0) is 10.1 Å². The van der Waals surface area contributed by atoms with Crippen LogP contribution in [-0.4, -0.2) is 32.3 Å². The van der Waals surface area contributed by atoms with Crippen LogP contribution < -0.4 is 34.9 Å². The maximum Gasteiger partial charge on any atom is 1.00 e. The van der Waals surface area contributed by atoms with Crippen molar-refractivity contribution in [3.63, 3.8) is 0 Å². The molecule has 0 aliphatic carbocycles. The molecule has 0 aromatic heterocycles. The monoisotopic (exact) mass is 235 g/mol. The Bertz CT molecular complexity index is 184. The second-order valence-corrected chi connectivity index (χ2v) is 4.42. The molecular weight excluding hydrogens is 213 g/mol. The second-order valence-electron chi connectivity index (χ2n) is 2.68. The van der Waals surface area contributed by atoms with Gasteiger partial charge in [-0.25, -0.2) is 0 Å². The fourth-order valence-corrected chi connectivity index (χ4v) is 0.552. The minimum absolute atomic E-state index is 0. The first-order valence-corrected chi connectivity index (χ1v) is 6.18. The normalized spacial score (nSPS) is 9.71. The van der Waals surface area contributed by atoms with Gasteiger partial charge in [-0.3, -0.25) is 4.55 Å². The molecule has 0 rings (SSSR count). The predicted octanol–water partition coefficient (Wildman–Crippen LogP) is -1.59. The van der Waals surface area contributed by atoms with Crippen LogP contribution in [0.4, 0.5) is 0 Å². The van der Waals surface area contributed by atoms with Crippen molar-refractivity contribution in [2.45, 2.75) is 33.1 Å².